The molecule has 2 N–H and O–H groups in total. The normalized spacial score (nSPS) is 19.3. The third-order valence-corrected chi connectivity index (χ3v) is 3.53. The number of nitrogens with one attached hydrogen (secondary N) is 2. The smallest absolute Gasteiger partial charge is 0.228 e. The molecule has 0 radical (unpaired) electrons. The molecule has 3 rings (SSSR count). The highest BCUT2D eigenvalue weighted by molar-refractivity contribution is 5.94. The molecule has 0 unspecified atom stereocenters. The number of anilines is 1. The number of carbonyl (C=O) groups is 1. The number of nitrogens with zero attached hydrogens (tertiary/aromatic N) is 1. The fourth-order valence-corrected chi connectivity index (χ4v) is 2.46. The van der Waals surface area contributed by atoms with Gasteiger partial charge in [-0.1, -0.05) is 18.2 Å². The fraction of sp³-hybridized carbons (Fsp3) is 0.333. The van der Waals surface area contributed by atoms with Crippen molar-refractivity contribution >= 4 is 22.5 Å². The number of hydrogen-bond acceptors (Lipinski definition) is 3. The molecule has 2 aromatic rings. The van der Waals surface area contributed by atoms with Crippen LogP contribution in [0.5, 0.6) is 0 Å². The van der Waals surface area contributed by atoms with E-state index in [2.05, 4.69) is 15.6 Å². The molecular formula is C15H17N3O. The van der Waals surface area contributed by atoms with Gasteiger partial charge in [0.25, 0.3) is 0 Å². The number of carbonyl (C=O) groups excluding carboxylic acids is 1. The number of hydrogen-bond donors (Lipinski definition) is 2. The van der Waals surface area contributed by atoms with Crippen LogP contribution in [0.25, 0.3) is 10.9 Å². The Morgan fingerprint density at radius 3 is 3.11 bits per heavy atom. The van der Waals surface area contributed by atoms with Crippen molar-refractivity contribution in [2.24, 2.45) is 5.92 Å². The molecule has 0 aliphatic carbocycles. The van der Waals surface area contributed by atoms with Crippen LogP contribution in [0.4, 0.5) is 5.69 Å². The Bertz CT molecular complexity index is 591. The van der Waals surface area contributed by atoms with Crippen molar-refractivity contribution in [3.8, 4) is 0 Å². The number of aromatic nitrogens is 1. The molecule has 98 valence electrons. The van der Waals surface area contributed by atoms with Gasteiger partial charge in [0.2, 0.25) is 5.91 Å². The Kier molecular flexibility index (Phi) is 3.42. The van der Waals surface area contributed by atoms with E-state index < -0.39 is 0 Å². The van der Waals surface area contributed by atoms with Gasteiger partial charge in [0.15, 0.2) is 0 Å². The van der Waals surface area contributed by atoms with Gasteiger partial charge in [-0.15, -0.1) is 0 Å². The molecule has 4 heteroatoms. The molecule has 1 aliphatic rings. The average Bonchev–Trinajstić information content (AvgIpc) is 2.48. The zero-order chi connectivity index (χ0) is 13.1. The van der Waals surface area contributed by atoms with E-state index in [1.807, 2.05) is 30.3 Å². The topological polar surface area (TPSA) is 54.0 Å². The fourth-order valence-electron chi connectivity index (χ4n) is 2.46. The highest BCUT2D eigenvalue weighted by Crippen LogP contribution is 2.18. The lowest BCUT2D eigenvalue weighted by Crippen LogP contribution is -2.37. The van der Waals surface area contributed by atoms with Gasteiger partial charge in [0.05, 0.1) is 23.3 Å². The second-order valence-electron chi connectivity index (χ2n) is 4.95. The van der Waals surface area contributed by atoms with Crippen LogP contribution in [0.1, 0.15) is 12.8 Å². The third-order valence-electron chi connectivity index (χ3n) is 3.53. The summed E-state index contributed by atoms with van der Waals surface area (Å²) >= 11 is 0. The zero-order valence-corrected chi connectivity index (χ0v) is 10.7. The molecule has 2 heterocycles. The second kappa shape index (κ2) is 5.36. The van der Waals surface area contributed by atoms with Crippen molar-refractivity contribution in [2.75, 3.05) is 18.4 Å². The van der Waals surface area contributed by atoms with Crippen LogP contribution in [-0.2, 0) is 4.79 Å². The van der Waals surface area contributed by atoms with Gasteiger partial charge in [0.1, 0.15) is 0 Å². The molecule has 1 atom stereocenters. The summed E-state index contributed by atoms with van der Waals surface area (Å²) in [6.45, 7) is 1.79. The first-order valence-electron chi connectivity index (χ1n) is 6.69. The third kappa shape index (κ3) is 2.74. The Balaban J connectivity index is 1.75. The minimum absolute atomic E-state index is 0.0696. The van der Waals surface area contributed by atoms with Crippen molar-refractivity contribution in [3.63, 3.8) is 0 Å². The van der Waals surface area contributed by atoms with Crippen LogP contribution in [0.2, 0.25) is 0 Å². The van der Waals surface area contributed by atoms with Gasteiger partial charge in [0, 0.05) is 11.9 Å². The van der Waals surface area contributed by atoms with Crippen molar-refractivity contribution in [1.29, 1.82) is 0 Å². The second-order valence-corrected chi connectivity index (χ2v) is 4.95. The molecule has 1 aromatic carbocycles. The van der Waals surface area contributed by atoms with Gasteiger partial charge >= 0.3 is 0 Å². The molecule has 0 spiro atoms. The molecule has 1 amide bonds. The van der Waals surface area contributed by atoms with Crippen LogP contribution in [-0.4, -0.2) is 24.0 Å². The quantitative estimate of drug-likeness (QED) is 0.864. The highest BCUT2D eigenvalue weighted by atomic mass is 16.1. The summed E-state index contributed by atoms with van der Waals surface area (Å²) in [4.78, 5) is 16.5. The molecule has 4 nitrogen and oxygen atoms in total. The van der Waals surface area contributed by atoms with Crippen LogP contribution < -0.4 is 10.6 Å². The molecule has 1 aliphatic heterocycles. The maximum absolute atomic E-state index is 12.1. The summed E-state index contributed by atoms with van der Waals surface area (Å²) in [5.41, 5.74) is 1.72. The van der Waals surface area contributed by atoms with Gasteiger partial charge in [-0.05, 0) is 31.5 Å². The number of fused-ring (bicyclic) bond motifs is 1. The van der Waals surface area contributed by atoms with Crippen molar-refractivity contribution in [1.82, 2.24) is 10.3 Å². The lowest BCUT2D eigenvalue weighted by molar-refractivity contribution is -0.120. The van der Waals surface area contributed by atoms with Crippen LogP contribution >= 0.6 is 0 Å². The standard InChI is InChI=1S/C15H17N3O/c19-15(12-5-3-7-16-9-12)18-13-8-11-4-1-2-6-14(11)17-10-13/h1-2,4,6,8,10,12,16H,3,5,7,9H2,(H,18,19)/t12-/m1/s1. The number of amides is 1. The summed E-state index contributed by atoms with van der Waals surface area (Å²) in [7, 11) is 0. The molecule has 0 saturated carbocycles. The number of para-hydroxylation sites is 1. The van der Waals surface area contributed by atoms with E-state index >= 15 is 0 Å². The first kappa shape index (κ1) is 12.1. The lowest BCUT2D eigenvalue weighted by atomic mass is 9.99. The Labute approximate surface area is 112 Å². The summed E-state index contributed by atoms with van der Waals surface area (Å²) < 4.78 is 0. The lowest BCUT2D eigenvalue weighted by Gasteiger charge is -2.21. The predicted octanol–water partition coefficient (Wildman–Crippen LogP) is 2.17. The predicted molar refractivity (Wildman–Crippen MR) is 76.0 cm³/mol. The average molecular weight is 255 g/mol. The minimum atomic E-state index is 0.0696. The summed E-state index contributed by atoms with van der Waals surface area (Å²) in [6, 6.07) is 9.87. The van der Waals surface area contributed by atoms with E-state index in [-0.39, 0.29) is 11.8 Å². The maximum atomic E-state index is 12.1. The summed E-state index contributed by atoms with van der Waals surface area (Å²) in [6.07, 6.45) is 3.74. The van der Waals surface area contributed by atoms with Gasteiger partial charge < -0.3 is 10.6 Å². The minimum Gasteiger partial charge on any atom is -0.324 e. The van der Waals surface area contributed by atoms with Crippen molar-refractivity contribution in [3.05, 3.63) is 36.5 Å². The number of piperidine rings is 1. The van der Waals surface area contributed by atoms with Crippen LogP contribution in [0.3, 0.4) is 0 Å². The molecule has 1 fully saturated rings. The number of pyridine rings is 1. The van der Waals surface area contributed by atoms with E-state index in [1.165, 1.54) is 0 Å². The number of rotatable bonds is 2. The highest BCUT2D eigenvalue weighted by Gasteiger charge is 2.20. The Morgan fingerprint density at radius 2 is 2.26 bits per heavy atom. The molecule has 19 heavy (non-hydrogen) atoms. The monoisotopic (exact) mass is 255 g/mol. The van der Waals surface area contributed by atoms with Crippen molar-refractivity contribution in [2.45, 2.75) is 12.8 Å². The number of benzene rings is 1. The van der Waals surface area contributed by atoms with E-state index in [0.29, 0.717) is 0 Å². The zero-order valence-electron chi connectivity index (χ0n) is 10.7. The van der Waals surface area contributed by atoms with Crippen molar-refractivity contribution < 1.29 is 4.79 Å². The van der Waals surface area contributed by atoms with E-state index in [1.54, 1.807) is 6.20 Å². The molecule has 1 aromatic heterocycles. The molecule has 0 bridgehead atoms. The SMILES string of the molecule is O=C(Nc1cnc2ccccc2c1)[C@@H]1CCCNC1. The van der Waals surface area contributed by atoms with Gasteiger partial charge in [-0.2, -0.15) is 0 Å². The summed E-state index contributed by atoms with van der Waals surface area (Å²) in [5, 5.41) is 7.26. The maximum Gasteiger partial charge on any atom is 0.228 e. The molecular weight excluding hydrogens is 238 g/mol. The van der Waals surface area contributed by atoms with Crippen LogP contribution in [0.15, 0.2) is 36.5 Å². The van der Waals surface area contributed by atoms with Crippen LogP contribution in [0, 0.1) is 5.92 Å². The largest absolute Gasteiger partial charge is 0.324 e. The van der Waals surface area contributed by atoms with Gasteiger partial charge in [-0.3, -0.25) is 9.78 Å². The van der Waals surface area contributed by atoms with Gasteiger partial charge in [-0.25, -0.2) is 0 Å². The Hall–Kier alpha value is -1.94. The van der Waals surface area contributed by atoms with E-state index in [9.17, 15) is 4.79 Å². The molecule has 1 saturated heterocycles. The van der Waals surface area contributed by atoms with E-state index in [4.69, 9.17) is 0 Å². The first-order valence-corrected chi connectivity index (χ1v) is 6.69. The summed E-state index contributed by atoms with van der Waals surface area (Å²) in [5.74, 6) is 0.157. The Morgan fingerprint density at radius 1 is 1.37 bits per heavy atom. The first-order chi connectivity index (χ1) is 9.33. The van der Waals surface area contributed by atoms with E-state index in [0.717, 1.165) is 42.5 Å².